The standard InChI is InChI=1S/C20H22O10/c1-5-13(23)29-17(9(3)21)11-7-8-12(19(25)26)16(20(27)28)15(11)18(10(4)22)30-14(24)6-2/h5-10,17-18,21-22H,1-2H2,3-4H3,(H,25,26)(H,27,28). The van der Waals surface area contributed by atoms with Crippen molar-refractivity contribution < 1.29 is 49.1 Å². The Bertz CT molecular complexity index is 869. The van der Waals surface area contributed by atoms with Gasteiger partial charge in [-0.15, -0.1) is 0 Å². The molecule has 0 aliphatic carbocycles. The molecule has 0 heterocycles. The molecule has 0 bridgehead atoms. The van der Waals surface area contributed by atoms with E-state index in [9.17, 15) is 39.6 Å². The van der Waals surface area contributed by atoms with E-state index in [2.05, 4.69) is 13.2 Å². The highest BCUT2D eigenvalue weighted by atomic mass is 16.6. The normalized spacial score (nSPS) is 14.5. The highest BCUT2D eigenvalue weighted by Crippen LogP contribution is 2.37. The number of carboxylic acids is 2. The van der Waals surface area contributed by atoms with E-state index >= 15 is 0 Å². The SMILES string of the molecule is C=CC(=O)OC(c1ccc(C(=O)O)c(C(=O)O)c1C(OC(=O)C=C)C(C)O)C(C)O. The lowest BCUT2D eigenvalue weighted by Gasteiger charge is -2.29. The van der Waals surface area contributed by atoms with Gasteiger partial charge >= 0.3 is 23.9 Å². The zero-order valence-electron chi connectivity index (χ0n) is 16.3. The van der Waals surface area contributed by atoms with Crippen LogP contribution in [-0.2, 0) is 19.1 Å². The molecule has 4 atom stereocenters. The number of carbonyl (C=O) groups is 4. The van der Waals surface area contributed by atoms with Gasteiger partial charge in [-0.3, -0.25) is 0 Å². The van der Waals surface area contributed by atoms with Gasteiger partial charge in [0.25, 0.3) is 0 Å². The van der Waals surface area contributed by atoms with Crippen molar-refractivity contribution >= 4 is 23.9 Å². The monoisotopic (exact) mass is 422 g/mol. The molecule has 0 aromatic heterocycles. The molecule has 1 aromatic rings. The van der Waals surface area contributed by atoms with Gasteiger partial charge in [0.2, 0.25) is 0 Å². The van der Waals surface area contributed by atoms with Crippen LogP contribution >= 0.6 is 0 Å². The van der Waals surface area contributed by atoms with Crippen molar-refractivity contribution in [3.05, 3.63) is 59.7 Å². The van der Waals surface area contributed by atoms with Gasteiger partial charge in [0.1, 0.15) is 0 Å². The van der Waals surface area contributed by atoms with Crippen LogP contribution in [0.5, 0.6) is 0 Å². The maximum absolute atomic E-state index is 12.0. The minimum atomic E-state index is -1.70. The largest absolute Gasteiger partial charge is 0.478 e. The summed E-state index contributed by atoms with van der Waals surface area (Å²) in [6.45, 7) is 8.87. The molecule has 4 N–H and O–H groups in total. The first-order valence-corrected chi connectivity index (χ1v) is 8.61. The van der Waals surface area contributed by atoms with Crippen LogP contribution < -0.4 is 0 Å². The van der Waals surface area contributed by atoms with Crippen molar-refractivity contribution in [3.8, 4) is 0 Å². The summed E-state index contributed by atoms with van der Waals surface area (Å²) in [5.74, 6) is -5.29. The summed E-state index contributed by atoms with van der Waals surface area (Å²) in [5, 5.41) is 39.4. The predicted molar refractivity (Wildman–Crippen MR) is 102 cm³/mol. The fraction of sp³-hybridized carbons (Fsp3) is 0.300. The zero-order valence-corrected chi connectivity index (χ0v) is 16.3. The predicted octanol–water partition coefficient (Wildman–Crippen LogP) is 1.39. The van der Waals surface area contributed by atoms with Crippen molar-refractivity contribution in [2.75, 3.05) is 0 Å². The van der Waals surface area contributed by atoms with E-state index in [-0.39, 0.29) is 5.56 Å². The Morgan fingerprint density at radius 2 is 1.33 bits per heavy atom. The van der Waals surface area contributed by atoms with Crippen molar-refractivity contribution in [1.29, 1.82) is 0 Å². The van der Waals surface area contributed by atoms with Crippen LogP contribution in [0.25, 0.3) is 0 Å². The van der Waals surface area contributed by atoms with Gasteiger partial charge < -0.3 is 29.9 Å². The fourth-order valence-corrected chi connectivity index (χ4v) is 2.77. The molecular weight excluding hydrogens is 400 g/mol. The van der Waals surface area contributed by atoms with Gasteiger partial charge in [-0.05, 0) is 19.9 Å². The minimum absolute atomic E-state index is 0.176. The summed E-state index contributed by atoms with van der Waals surface area (Å²) in [5.41, 5.74) is -2.09. The molecule has 0 aliphatic heterocycles. The molecule has 10 heteroatoms. The van der Waals surface area contributed by atoms with Gasteiger partial charge in [0, 0.05) is 23.3 Å². The minimum Gasteiger partial charge on any atom is -0.478 e. The Kier molecular flexibility index (Phi) is 8.45. The van der Waals surface area contributed by atoms with Gasteiger partial charge in [0.15, 0.2) is 12.2 Å². The molecule has 0 spiro atoms. The molecule has 0 saturated carbocycles. The summed E-state index contributed by atoms with van der Waals surface area (Å²) in [7, 11) is 0. The van der Waals surface area contributed by atoms with Crippen molar-refractivity contribution in [2.24, 2.45) is 0 Å². The molecule has 30 heavy (non-hydrogen) atoms. The number of aliphatic hydroxyl groups excluding tert-OH is 2. The Morgan fingerprint density at radius 1 is 0.867 bits per heavy atom. The molecule has 0 saturated heterocycles. The quantitative estimate of drug-likeness (QED) is 0.319. The van der Waals surface area contributed by atoms with Gasteiger partial charge in [-0.2, -0.15) is 0 Å². The molecule has 0 fully saturated rings. The van der Waals surface area contributed by atoms with Crippen LogP contribution in [0.4, 0.5) is 0 Å². The van der Waals surface area contributed by atoms with E-state index < -0.39 is 65.0 Å². The van der Waals surface area contributed by atoms with Crippen LogP contribution in [0.3, 0.4) is 0 Å². The van der Waals surface area contributed by atoms with Crippen molar-refractivity contribution in [1.82, 2.24) is 0 Å². The number of ether oxygens (including phenoxy) is 2. The van der Waals surface area contributed by atoms with Crippen molar-refractivity contribution in [2.45, 2.75) is 38.3 Å². The average Bonchev–Trinajstić information content (AvgIpc) is 2.67. The molecule has 10 nitrogen and oxygen atoms in total. The lowest BCUT2D eigenvalue weighted by Crippen LogP contribution is -2.29. The fourth-order valence-electron chi connectivity index (χ4n) is 2.77. The zero-order chi connectivity index (χ0) is 23.2. The Labute approximate surface area is 171 Å². The third-order valence-corrected chi connectivity index (χ3v) is 4.01. The van der Waals surface area contributed by atoms with Crippen molar-refractivity contribution in [3.63, 3.8) is 0 Å². The molecule has 1 aromatic carbocycles. The summed E-state index contributed by atoms with van der Waals surface area (Å²) in [4.78, 5) is 47.1. The molecule has 0 radical (unpaired) electrons. The first-order chi connectivity index (χ1) is 14.0. The van der Waals surface area contributed by atoms with E-state index in [1.54, 1.807) is 0 Å². The first-order valence-electron chi connectivity index (χ1n) is 8.61. The molecule has 1 rings (SSSR count). The molecule has 0 aliphatic rings. The van der Waals surface area contributed by atoms with Crippen LogP contribution in [-0.4, -0.2) is 56.5 Å². The summed E-state index contributed by atoms with van der Waals surface area (Å²) >= 11 is 0. The van der Waals surface area contributed by atoms with Crippen LogP contribution in [0.2, 0.25) is 0 Å². The third kappa shape index (κ3) is 5.52. The van der Waals surface area contributed by atoms with Crippen LogP contribution in [0.15, 0.2) is 37.4 Å². The second kappa shape index (κ2) is 10.3. The van der Waals surface area contributed by atoms with Gasteiger partial charge in [-0.25, -0.2) is 19.2 Å². The Morgan fingerprint density at radius 3 is 1.70 bits per heavy atom. The number of rotatable bonds is 10. The summed E-state index contributed by atoms with van der Waals surface area (Å²) < 4.78 is 10.2. The third-order valence-electron chi connectivity index (χ3n) is 4.01. The number of benzene rings is 1. The summed E-state index contributed by atoms with van der Waals surface area (Å²) in [6.07, 6.45) is -4.51. The average molecular weight is 422 g/mol. The number of carbonyl (C=O) groups excluding carboxylic acids is 2. The topological polar surface area (TPSA) is 168 Å². The number of carboxylic acid groups (broad SMARTS) is 2. The number of aliphatic hydroxyl groups is 2. The number of aromatic carboxylic acids is 2. The Hall–Kier alpha value is -3.50. The van der Waals surface area contributed by atoms with E-state index in [1.807, 2.05) is 0 Å². The highest BCUT2D eigenvalue weighted by Gasteiger charge is 2.36. The van der Waals surface area contributed by atoms with Gasteiger partial charge in [0.05, 0.1) is 23.3 Å². The smallest absolute Gasteiger partial charge is 0.337 e. The van der Waals surface area contributed by atoms with Crippen LogP contribution in [0.1, 0.15) is 57.9 Å². The lowest BCUT2D eigenvalue weighted by atomic mass is 9.86. The first kappa shape index (κ1) is 24.5. The maximum atomic E-state index is 12.0. The highest BCUT2D eigenvalue weighted by molar-refractivity contribution is 6.03. The van der Waals surface area contributed by atoms with E-state index in [4.69, 9.17) is 9.47 Å². The maximum Gasteiger partial charge on any atom is 0.337 e. The Balaban J connectivity index is 3.98. The number of hydrogen-bond acceptors (Lipinski definition) is 8. The van der Waals surface area contributed by atoms with Crippen LogP contribution in [0, 0.1) is 0 Å². The van der Waals surface area contributed by atoms with E-state index in [0.29, 0.717) is 0 Å². The van der Waals surface area contributed by atoms with E-state index in [0.717, 1.165) is 24.3 Å². The molecule has 162 valence electrons. The lowest BCUT2D eigenvalue weighted by molar-refractivity contribution is -0.151. The van der Waals surface area contributed by atoms with Gasteiger partial charge in [-0.1, -0.05) is 19.2 Å². The molecule has 4 unspecified atom stereocenters. The second-order valence-electron chi connectivity index (χ2n) is 6.21. The second-order valence-corrected chi connectivity index (χ2v) is 6.21. The summed E-state index contributed by atoms with van der Waals surface area (Å²) in [6, 6.07) is 2.05. The molecule has 0 amide bonds. The van der Waals surface area contributed by atoms with E-state index in [1.165, 1.54) is 13.8 Å². The molecular formula is C20H22O10. The number of esters is 2. The number of hydrogen-bond donors (Lipinski definition) is 4.